The zero-order valence-electron chi connectivity index (χ0n) is 9.12. The summed E-state index contributed by atoms with van der Waals surface area (Å²) in [6.07, 6.45) is 6.69. The molecule has 4 heteroatoms. The molecular weight excluding hydrogens is 206 g/mol. The summed E-state index contributed by atoms with van der Waals surface area (Å²) >= 11 is 1.50. The molecule has 0 atom stereocenters. The molecule has 0 aliphatic heterocycles. The summed E-state index contributed by atoms with van der Waals surface area (Å²) in [5.41, 5.74) is 0.651. The van der Waals surface area contributed by atoms with Gasteiger partial charge in [0.25, 0.3) is 0 Å². The summed E-state index contributed by atoms with van der Waals surface area (Å²) in [6.45, 7) is 3.22. The summed E-state index contributed by atoms with van der Waals surface area (Å²) in [6, 6.07) is 0. The Hall–Kier alpha value is -0.640. The first-order chi connectivity index (χ1) is 7.32. The standard InChI is InChI=1S/C11H17N3S/c1-2-9-13-10(15-14-9)12-7-11(5-6-11)8-3-4-8/h8H,2-7H2,1H3,(H,12,13,14). The summed E-state index contributed by atoms with van der Waals surface area (Å²) < 4.78 is 4.28. The molecule has 2 aliphatic rings. The Kier molecular flexibility index (Phi) is 2.20. The second kappa shape index (κ2) is 3.44. The maximum absolute atomic E-state index is 4.44. The van der Waals surface area contributed by atoms with Gasteiger partial charge in [-0.05, 0) is 37.0 Å². The van der Waals surface area contributed by atoms with E-state index in [1.54, 1.807) is 0 Å². The van der Waals surface area contributed by atoms with Crippen LogP contribution < -0.4 is 5.32 Å². The fraction of sp³-hybridized carbons (Fsp3) is 0.818. The Morgan fingerprint density at radius 1 is 1.47 bits per heavy atom. The number of hydrogen-bond acceptors (Lipinski definition) is 4. The van der Waals surface area contributed by atoms with E-state index in [4.69, 9.17) is 0 Å². The van der Waals surface area contributed by atoms with Gasteiger partial charge < -0.3 is 5.32 Å². The third-order valence-corrected chi connectivity index (χ3v) is 4.42. The lowest BCUT2D eigenvalue weighted by Crippen LogP contribution is -2.17. The molecule has 0 aromatic carbocycles. The summed E-state index contributed by atoms with van der Waals surface area (Å²) in [4.78, 5) is 4.44. The van der Waals surface area contributed by atoms with Crippen molar-refractivity contribution in [3.63, 3.8) is 0 Å². The van der Waals surface area contributed by atoms with Crippen LogP contribution in [0.25, 0.3) is 0 Å². The molecule has 0 bridgehead atoms. The van der Waals surface area contributed by atoms with E-state index in [2.05, 4.69) is 21.6 Å². The third kappa shape index (κ3) is 1.87. The lowest BCUT2D eigenvalue weighted by Gasteiger charge is -2.13. The van der Waals surface area contributed by atoms with Crippen molar-refractivity contribution in [3.05, 3.63) is 5.82 Å². The Labute approximate surface area is 94.5 Å². The smallest absolute Gasteiger partial charge is 0.202 e. The van der Waals surface area contributed by atoms with Crippen molar-refractivity contribution in [2.24, 2.45) is 11.3 Å². The van der Waals surface area contributed by atoms with E-state index in [1.165, 1.54) is 37.2 Å². The van der Waals surface area contributed by atoms with Gasteiger partial charge >= 0.3 is 0 Å². The average Bonchev–Trinajstić information content (AvgIpc) is 3.13. The Morgan fingerprint density at radius 3 is 2.80 bits per heavy atom. The van der Waals surface area contributed by atoms with Gasteiger partial charge in [-0.1, -0.05) is 6.92 Å². The van der Waals surface area contributed by atoms with Crippen LogP contribution in [0.5, 0.6) is 0 Å². The topological polar surface area (TPSA) is 37.8 Å². The Bertz CT molecular complexity index is 352. The highest BCUT2D eigenvalue weighted by molar-refractivity contribution is 7.09. The van der Waals surface area contributed by atoms with E-state index in [-0.39, 0.29) is 0 Å². The molecule has 0 spiro atoms. The minimum absolute atomic E-state index is 0.651. The van der Waals surface area contributed by atoms with Crippen LogP contribution in [0.15, 0.2) is 0 Å². The summed E-state index contributed by atoms with van der Waals surface area (Å²) in [5.74, 6) is 1.99. The Morgan fingerprint density at radius 2 is 2.27 bits per heavy atom. The zero-order valence-corrected chi connectivity index (χ0v) is 9.94. The van der Waals surface area contributed by atoms with Gasteiger partial charge in [-0.25, -0.2) is 4.98 Å². The third-order valence-electron chi connectivity index (χ3n) is 3.71. The van der Waals surface area contributed by atoms with Crippen LogP contribution in [0.3, 0.4) is 0 Å². The minimum Gasteiger partial charge on any atom is -0.360 e. The van der Waals surface area contributed by atoms with Crippen molar-refractivity contribution < 1.29 is 0 Å². The highest BCUT2D eigenvalue weighted by Gasteiger charge is 2.53. The predicted octanol–water partition coefficient (Wildman–Crippen LogP) is 2.70. The highest BCUT2D eigenvalue weighted by atomic mass is 32.1. The molecule has 0 amide bonds. The molecule has 2 aliphatic carbocycles. The first kappa shape index (κ1) is 9.58. The van der Waals surface area contributed by atoms with Gasteiger partial charge in [-0.2, -0.15) is 4.37 Å². The molecule has 2 fully saturated rings. The number of nitrogens with one attached hydrogen (secondary N) is 1. The first-order valence-electron chi connectivity index (χ1n) is 5.89. The lowest BCUT2D eigenvalue weighted by atomic mass is 10.0. The molecule has 0 unspecified atom stereocenters. The van der Waals surface area contributed by atoms with Crippen LogP contribution in [-0.4, -0.2) is 15.9 Å². The molecule has 1 aromatic heterocycles. The Balaban J connectivity index is 1.57. The molecule has 15 heavy (non-hydrogen) atoms. The number of rotatable bonds is 5. The minimum atomic E-state index is 0.651. The average molecular weight is 223 g/mol. The second-order valence-corrected chi connectivity index (χ2v) is 5.61. The lowest BCUT2D eigenvalue weighted by molar-refractivity contribution is 0.467. The van der Waals surface area contributed by atoms with Crippen molar-refractivity contribution in [1.82, 2.24) is 9.36 Å². The van der Waals surface area contributed by atoms with E-state index in [9.17, 15) is 0 Å². The molecule has 3 rings (SSSR count). The maximum Gasteiger partial charge on any atom is 0.202 e. The van der Waals surface area contributed by atoms with Crippen molar-refractivity contribution in [2.75, 3.05) is 11.9 Å². The largest absolute Gasteiger partial charge is 0.360 e. The van der Waals surface area contributed by atoms with Gasteiger partial charge in [0.15, 0.2) is 0 Å². The second-order valence-electron chi connectivity index (χ2n) is 4.86. The zero-order chi connectivity index (χ0) is 10.3. The quantitative estimate of drug-likeness (QED) is 0.834. The van der Waals surface area contributed by atoms with Crippen LogP contribution in [0.1, 0.15) is 38.4 Å². The molecular formula is C11H17N3S. The van der Waals surface area contributed by atoms with Crippen LogP contribution in [0.4, 0.5) is 5.13 Å². The van der Waals surface area contributed by atoms with Gasteiger partial charge in [0.2, 0.25) is 5.13 Å². The van der Waals surface area contributed by atoms with E-state index in [0.29, 0.717) is 5.41 Å². The fourth-order valence-electron chi connectivity index (χ4n) is 2.31. The number of aryl methyl sites for hydroxylation is 1. The predicted molar refractivity (Wildman–Crippen MR) is 62.2 cm³/mol. The van der Waals surface area contributed by atoms with E-state index < -0.39 is 0 Å². The van der Waals surface area contributed by atoms with Crippen LogP contribution in [0, 0.1) is 11.3 Å². The first-order valence-corrected chi connectivity index (χ1v) is 6.66. The van der Waals surface area contributed by atoms with Crippen molar-refractivity contribution >= 4 is 16.7 Å². The number of hydrogen-bond donors (Lipinski definition) is 1. The van der Waals surface area contributed by atoms with E-state index in [0.717, 1.165) is 29.8 Å². The van der Waals surface area contributed by atoms with Crippen molar-refractivity contribution in [3.8, 4) is 0 Å². The van der Waals surface area contributed by atoms with Gasteiger partial charge in [0, 0.05) is 24.5 Å². The SMILES string of the molecule is CCc1nsc(NCC2(C3CC3)CC2)n1. The van der Waals surface area contributed by atoms with Gasteiger partial charge in [0.1, 0.15) is 5.82 Å². The van der Waals surface area contributed by atoms with E-state index in [1.807, 2.05) is 0 Å². The van der Waals surface area contributed by atoms with Crippen molar-refractivity contribution in [1.29, 1.82) is 0 Å². The summed E-state index contributed by atoms with van der Waals surface area (Å²) in [7, 11) is 0. The van der Waals surface area contributed by atoms with Crippen molar-refractivity contribution in [2.45, 2.75) is 39.0 Å². The molecule has 2 saturated carbocycles. The summed E-state index contributed by atoms with van der Waals surface area (Å²) in [5, 5.41) is 4.48. The van der Waals surface area contributed by atoms with Crippen LogP contribution >= 0.6 is 11.5 Å². The molecule has 0 saturated heterocycles. The molecule has 1 heterocycles. The van der Waals surface area contributed by atoms with Gasteiger partial charge in [0.05, 0.1) is 0 Å². The van der Waals surface area contributed by atoms with Crippen LogP contribution in [0.2, 0.25) is 0 Å². The molecule has 1 aromatic rings. The monoisotopic (exact) mass is 223 g/mol. The molecule has 3 nitrogen and oxygen atoms in total. The molecule has 82 valence electrons. The maximum atomic E-state index is 4.44. The van der Waals surface area contributed by atoms with Gasteiger partial charge in [-0.15, -0.1) is 0 Å². The van der Waals surface area contributed by atoms with Crippen LogP contribution in [-0.2, 0) is 6.42 Å². The fourth-order valence-corrected chi connectivity index (χ4v) is 2.95. The number of nitrogens with zero attached hydrogens (tertiary/aromatic N) is 2. The highest BCUT2D eigenvalue weighted by Crippen LogP contribution is 2.61. The molecule has 1 N–H and O–H groups in total. The molecule has 0 radical (unpaired) electrons. The van der Waals surface area contributed by atoms with E-state index >= 15 is 0 Å². The number of aromatic nitrogens is 2. The number of anilines is 1. The van der Waals surface area contributed by atoms with Gasteiger partial charge in [-0.3, -0.25) is 0 Å². The normalized spacial score (nSPS) is 22.7.